The van der Waals surface area contributed by atoms with Crippen LogP contribution in [-0.4, -0.2) is 29.6 Å². The largest absolute Gasteiger partial charge is 0.489 e. The summed E-state index contributed by atoms with van der Waals surface area (Å²) in [6.07, 6.45) is 0.849. The first kappa shape index (κ1) is 19.5. The lowest BCUT2D eigenvalue weighted by Crippen LogP contribution is -2.44. The Morgan fingerprint density at radius 3 is 2.50 bits per heavy atom. The van der Waals surface area contributed by atoms with Gasteiger partial charge < -0.3 is 19.9 Å². The van der Waals surface area contributed by atoms with E-state index in [1.807, 2.05) is 20.8 Å². The fourth-order valence-corrected chi connectivity index (χ4v) is 2.31. The van der Waals surface area contributed by atoms with E-state index in [1.165, 1.54) is 0 Å². The molecule has 140 valence electrons. The molecule has 0 saturated heterocycles. The van der Waals surface area contributed by atoms with Crippen molar-refractivity contribution in [3.8, 4) is 5.75 Å². The number of aryl methyl sites for hydroxylation is 2. The van der Waals surface area contributed by atoms with E-state index < -0.39 is 6.04 Å². The van der Waals surface area contributed by atoms with E-state index in [0.717, 1.165) is 23.4 Å². The van der Waals surface area contributed by atoms with Gasteiger partial charge in [0.25, 0.3) is 5.91 Å². The van der Waals surface area contributed by atoms with Gasteiger partial charge in [0.15, 0.2) is 0 Å². The molecule has 0 spiro atoms. The molecule has 1 atom stereocenters. The summed E-state index contributed by atoms with van der Waals surface area (Å²) in [5.41, 5.74) is 2.18. The number of hydrogen-bond donors (Lipinski definition) is 2. The highest BCUT2D eigenvalue weighted by atomic mass is 16.5. The standard InChI is InChI=1S/C19H25N3O4/c1-5-10-20-18(23)13(3)21-19(24)15-6-8-16(9-7-15)25-11-17-12(2)22-26-14(17)4/h6-9,13H,5,10-11H2,1-4H3,(H,20,23)(H,21,24). The summed E-state index contributed by atoms with van der Waals surface area (Å²) < 4.78 is 10.8. The molecule has 1 heterocycles. The first-order chi connectivity index (χ1) is 12.4. The van der Waals surface area contributed by atoms with Crippen LogP contribution in [0.2, 0.25) is 0 Å². The normalized spacial score (nSPS) is 11.7. The Labute approximate surface area is 153 Å². The van der Waals surface area contributed by atoms with Gasteiger partial charge in [0.1, 0.15) is 24.2 Å². The topological polar surface area (TPSA) is 93.5 Å². The highest BCUT2D eigenvalue weighted by Gasteiger charge is 2.16. The van der Waals surface area contributed by atoms with Crippen LogP contribution >= 0.6 is 0 Å². The number of nitrogens with zero attached hydrogens (tertiary/aromatic N) is 1. The number of amides is 2. The maximum absolute atomic E-state index is 12.2. The number of carbonyl (C=O) groups excluding carboxylic acids is 2. The van der Waals surface area contributed by atoms with Gasteiger partial charge in [-0.3, -0.25) is 9.59 Å². The Morgan fingerprint density at radius 2 is 1.92 bits per heavy atom. The molecule has 0 radical (unpaired) electrons. The quantitative estimate of drug-likeness (QED) is 0.755. The second-order valence-electron chi connectivity index (χ2n) is 6.10. The van der Waals surface area contributed by atoms with E-state index >= 15 is 0 Å². The van der Waals surface area contributed by atoms with Crippen molar-refractivity contribution in [2.24, 2.45) is 0 Å². The smallest absolute Gasteiger partial charge is 0.251 e. The zero-order chi connectivity index (χ0) is 19.1. The SMILES string of the molecule is CCCNC(=O)C(C)NC(=O)c1ccc(OCc2c(C)noc2C)cc1. The zero-order valence-corrected chi connectivity index (χ0v) is 15.6. The van der Waals surface area contributed by atoms with Gasteiger partial charge in [0.2, 0.25) is 5.91 Å². The number of rotatable bonds is 8. The lowest BCUT2D eigenvalue weighted by Gasteiger charge is -2.14. The average Bonchev–Trinajstić information content (AvgIpc) is 2.96. The summed E-state index contributed by atoms with van der Waals surface area (Å²) in [6, 6.07) is 6.16. The van der Waals surface area contributed by atoms with E-state index in [-0.39, 0.29) is 11.8 Å². The Balaban J connectivity index is 1.90. The van der Waals surface area contributed by atoms with Crippen LogP contribution in [0.1, 0.15) is 47.6 Å². The zero-order valence-electron chi connectivity index (χ0n) is 15.6. The third-order valence-electron chi connectivity index (χ3n) is 3.97. The van der Waals surface area contributed by atoms with Crippen molar-refractivity contribution in [2.75, 3.05) is 6.54 Å². The predicted molar refractivity (Wildman–Crippen MR) is 97.0 cm³/mol. The van der Waals surface area contributed by atoms with Gasteiger partial charge in [-0.05, 0) is 51.5 Å². The van der Waals surface area contributed by atoms with Gasteiger partial charge in [0, 0.05) is 12.1 Å². The number of nitrogens with one attached hydrogen (secondary N) is 2. The molecule has 26 heavy (non-hydrogen) atoms. The molecule has 0 aliphatic heterocycles. The molecule has 0 bridgehead atoms. The van der Waals surface area contributed by atoms with E-state index in [4.69, 9.17) is 9.26 Å². The second-order valence-corrected chi connectivity index (χ2v) is 6.10. The molecule has 2 amide bonds. The second kappa shape index (κ2) is 9.03. The summed E-state index contributed by atoms with van der Waals surface area (Å²) in [4.78, 5) is 24.0. The Morgan fingerprint density at radius 1 is 1.23 bits per heavy atom. The average molecular weight is 359 g/mol. The fraction of sp³-hybridized carbons (Fsp3) is 0.421. The molecule has 2 rings (SSSR count). The number of hydrogen-bond acceptors (Lipinski definition) is 5. The highest BCUT2D eigenvalue weighted by Crippen LogP contribution is 2.18. The first-order valence-electron chi connectivity index (χ1n) is 8.65. The number of ether oxygens (including phenoxy) is 1. The monoisotopic (exact) mass is 359 g/mol. The van der Waals surface area contributed by atoms with Gasteiger partial charge in [-0.2, -0.15) is 0 Å². The summed E-state index contributed by atoms with van der Waals surface area (Å²) >= 11 is 0. The molecule has 0 aliphatic carbocycles. The van der Waals surface area contributed by atoms with Gasteiger partial charge in [-0.15, -0.1) is 0 Å². The number of carbonyl (C=O) groups is 2. The van der Waals surface area contributed by atoms with E-state index in [2.05, 4.69) is 15.8 Å². The third kappa shape index (κ3) is 5.08. The minimum atomic E-state index is -0.593. The van der Waals surface area contributed by atoms with Crippen molar-refractivity contribution in [3.05, 3.63) is 46.8 Å². The molecule has 1 aromatic heterocycles. The predicted octanol–water partition coefficient (Wildman–Crippen LogP) is 2.51. The van der Waals surface area contributed by atoms with Crippen LogP contribution in [0.15, 0.2) is 28.8 Å². The van der Waals surface area contributed by atoms with Gasteiger partial charge in [0.05, 0.1) is 11.3 Å². The van der Waals surface area contributed by atoms with E-state index in [1.54, 1.807) is 31.2 Å². The molecule has 2 aromatic rings. The Kier molecular flexibility index (Phi) is 6.77. The molecule has 0 aliphatic rings. The Hall–Kier alpha value is -2.83. The molecular weight excluding hydrogens is 334 g/mol. The van der Waals surface area contributed by atoms with Crippen molar-refractivity contribution in [1.82, 2.24) is 15.8 Å². The molecule has 0 saturated carbocycles. The van der Waals surface area contributed by atoms with Crippen molar-refractivity contribution in [3.63, 3.8) is 0 Å². The highest BCUT2D eigenvalue weighted by molar-refractivity contribution is 5.97. The number of benzene rings is 1. The molecule has 1 aromatic carbocycles. The van der Waals surface area contributed by atoms with Gasteiger partial charge in [-0.25, -0.2) is 0 Å². The van der Waals surface area contributed by atoms with Crippen LogP contribution < -0.4 is 15.4 Å². The van der Waals surface area contributed by atoms with Crippen LogP contribution in [0.4, 0.5) is 0 Å². The van der Waals surface area contributed by atoms with Crippen LogP contribution in [0.5, 0.6) is 5.75 Å². The van der Waals surface area contributed by atoms with Crippen molar-refractivity contribution >= 4 is 11.8 Å². The molecule has 0 fully saturated rings. The van der Waals surface area contributed by atoms with Crippen LogP contribution in [0.25, 0.3) is 0 Å². The summed E-state index contributed by atoms with van der Waals surface area (Å²) in [6.45, 7) is 8.27. The van der Waals surface area contributed by atoms with Crippen LogP contribution in [0, 0.1) is 13.8 Å². The summed E-state index contributed by atoms with van der Waals surface area (Å²) in [5, 5.41) is 9.32. The van der Waals surface area contributed by atoms with Crippen molar-refractivity contribution in [1.29, 1.82) is 0 Å². The summed E-state index contributed by atoms with van der Waals surface area (Å²) in [7, 11) is 0. The van der Waals surface area contributed by atoms with Gasteiger partial charge >= 0.3 is 0 Å². The molecule has 1 unspecified atom stereocenters. The van der Waals surface area contributed by atoms with E-state index in [0.29, 0.717) is 24.5 Å². The number of aromatic nitrogens is 1. The fourth-order valence-electron chi connectivity index (χ4n) is 2.31. The maximum atomic E-state index is 12.2. The van der Waals surface area contributed by atoms with E-state index in [9.17, 15) is 9.59 Å². The third-order valence-corrected chi connectivity index (χ3v) is 3.97. The molecule has 7 nitrogen and oxygen atoms in total. The first-order valence-corrected chi connectivity index (χ1v) is 8.65. The van der Waals surface area contributed by atoms with Gasteiger partial charge in [-0.1, -0.05) is 12.1 Å². The minimum absolute atomic E-state index is 0.195. The van der Waals surface area contributed by atoms with Crippen molar-refractivity contribution in [2.45, 2.75) is 46.8 Å². The minimum Gasteiger partial charge on any atom is -0.489 e. The summed E-state index contributed by atoms with van der Waals surface area (Å²) in [5.74, 6) is 0.866. The molecule has 2 N–H and O–H groups in total. The lowest BCUT2D eigenvalue weighted by atomic mass is 10.2. The lowest BCUT2D eigenvalue weighted by molar-refractivity contribution is -0.122. The maximum Gasteiger partial charge on any atom is 0.251 e. The molecular formula is C19H25N3O4. The van der Waals surface area contributed by atoms with Crippen LogP contribution in [-0.2, 0) is 11.4 Å². The van der Waals surface area contributed by atoms with Crippen LogP contribution in [0.3, 0.4) is 0 Å². The molecule has 7 heteroatoms. The Bertz CT molecular complexity index is 733. The van der Waals surface area contributed by atoms with Crippen molar-refractivity contribution < 1.29 is 18.8 Å².